The second-order valence-corrected chi connectivity index (χ2v) is 7.24. The number of carbonyl (C=O) groups excluding carboxylic acids is 1. The van der Waals surface area contributed by atoms with E-state index in [9.17, 15) is 21.8 Å². The van der Waals surface area contributed by atoms with Crippen LogP contribution in [0, 0.1) is 12.7 Å². The van der Waals surface area contributed by atoms with E-state index in [-0.39, 0.29) is 23.4 Å². The van der Waals surface area contributed by atoms with Gasteiger partial charge in [0.25, 0.3) is 5.91 Å². The molecule has 1 aromatic rings. The Balaban J connectivity index is 3.05. The molecular formula is C11H15FN2O4S2. The van der Waals surface area contributed by atoms with Crippen LogP contribution in [0.3, 0.4) is 0 Å². The molecule has 3 N–H and O–H groups in total. The molecule has 1 aromatic carbocycles. The highest BCUT2D eigenvalue weighted by atomic mass is 32.2. The molecule has 0 bridgehead atoms. The van der Waals surface area contributed by atoms with Crippen molar-refractivity contribution >= 4 is 26.7 Å². The SMILES string of the molecule is Cc1c(F)cc(C(=O)NCCS(C)=O)cc1S(N)(=O)=O. The molecule has 0 aliphatic rings. The predicted molar refractivity (Wildman–Crippen MR) is 73.8 cm³/mol. The number of hydrogen-bond donors (Lipinski definition) is 2. The zero-order valence-electron chi connectivity index (χ0n) is 11.0. The lowest BCUT2D eigenvalue weighted by Crippen LogP contribution is -2.28. The number of benzene rings is 1. The number of sulfonamides is 1. The van der Waals surface area contributed by atoms with Crippen LogP contribution < -0.4 is 10.5 Å². The summed E-state index contributed by atoms with van der Waals surface area (Å²) in [5, 5.41) is 7.39. The minimum atomic E-state index is -4.11. The van der Waals surface area contributed by atoms with Crippen molar-refractivity contribution in [3.8, 4) is 0 Å². The van der Waals surface area contributed by atoms with Gasteiger partial charge in [-0.05, 0) is 19.1 Å². The smallest absolute Gasteiger partial charge is 0.251 e. The second kappa shape index (κ2) is 6.42. The predicted octanol–water partition coefficient (Wildman–Crippen LogP) is -0.110. The molecule has 0 spiro atoms. The van der Waals surface area contributed by atoms with Crippen molar-refractivity contribution in [1.29, 1.82) is 0 Å². The molecule has 1 rings (SSSR count). The average Bonchev–Trinajstić information content (AvgIpc) is 2.30. The highest BCUT2D eigenvalue weighted by Crippen LogP contribution is 2.19. The van der Waals surface area contributed by atoms with Crippen molar-refractivity contribution in [2.45, 2.75) is 11.8 Å². The fraction of sp³-hybridized carbons (Fsp3) is 0.364. The zero-order valence-corrected chi connectivity index (χ0v) is 12.6. The van der Waals surface area contributed by atoms with Crippen molar-refractivity contribution in [1.82, 2.24) is 5.32 Å². The van der Waals surface area contributed by atoms with Gasteiger partial charge in [-0.3, -0.25) is 9.00 Å². The van der Waals surface area contributed by atoms with Gasteiger partial charge in [0, 0.05) is 40.5 Å². The Kier molecular flexibility index (Phi) is 5.37. The van der Waals surface area contributed by atoms with Gasteiger partial charge in [-0.25, -0.2) is 17.9 Å². The molecule has 20 heavy (non-hydrogen) atoms. The molecule has 6 nitrogen and oxygen atoms in total. The molecule has 1 amide bonds. The Morgan fingerprint density at radius 1 is 1.45 bits per heavy atom. The van der Waals surface area contributed by atoms with Crippen LogP contribution in [0.15, 0.2) is 17.0 Å². The highest BCUT2D eigenvalue weighted by Gasteiger charge is 2.18. The van der Waals surface area contributed by atoms with Gasteiger partial charge in [0.2, 0.25) is 10.0 Å². The van der Waals surface area contributed by atoms with Gasteiger partial charge in [-0.1, -0.05) is 0 Å². The van der Waals surface area contributed by atoms with Gasteiger partial charge >= 0.3 is 0 Å². The average molecular weight is 322 g/mol. The van der Waals surface area contributed by atoms with Crippen LogP contribution in [0.2, 0.25) is 0 Å². The summed E-state index contributed by atoms with van der Waals surface area (Å²) in [6.07, 6.45) is 1.48. The van der Waals surface area contributed by atoms with Crippen molar-refractivity contribution in [3.05, 3.63) is 29.1 Å². The standard InChI is InChI=1S/C11H15FN2O4S2/c1-7-9(12)5-8(6-10(7)20(13,17)18)11(15)14-3-4-19(2)16/h5-6H,3-4H2,1-2H3,(H,14,15)(H2,13,17,18). The maximum Gasteiger partial charge on any atom is 0.251 e. The number of halogens is 1. The number of rotatable bonds is 5. The van der Waals surface area contributed by atoms with Crippen LogP contribution >= 0.6 is 0 Å². The minimum Gasteiger partial charge on any atom is -0.351 e. The first-order valence-electron chi connectivity index (χ1n) is 5.54. The number of nitrogens with one attached hydrogen (secondary N) is 1. The third-order valence-electron chi connectivity index (χ3n) is 2.54. The normalized spacial score (nSPS) is 13.0. The summed E-state index contributed by atoms with van der Waals surface area (Å²) in [6.45, 7) is 1.40. The molecule has 112 valence electrons. The van der Waals surface area contributed by atoms with Crippen LogP contribution in [0.4, 0.5) is 4.39 Å². The fourth-order valence-corrected chi connectivity index (χ4v) is 2.70. The van der Waals surface area contributed by atoms with E-state index in [1.54, 1.807) is 0 Å². The molecule has 0 aromatic heterocycles. The molecule has 0 saturated carbocycles. The van der Waals surface area contributed by atoms with E-state index in [0.29, 0.717) is 0 Å². The first-order chi connectivity index (χ1) is 9.12. The first kappa shape index (κ1) is 16.7. The lowest BCUT2D eigenvalue weighted by atomic mass is 10.1. The maximum atomic E-state index is 13.6. The lowest BCUT2D eigenvalue weighted by Gasteiger charge is -2.09. The molecule has 0 aliphatic carbocycles. The summed E-state index contributed by atoms with van der Waals surface area (Å²) in [5.41, 5.74) is -0.294. The summed E-state index contributed by atoms with van der Waals surface area (Å²) < 4.78 is 47.1. The van der Waals surface area contributed by atoms with Gasteiger partial charge in [0.1, 0.15) is 5.82 Å². The second-order valence-electron chi connectivity index (χ2n) is 4.16. The van der Waals surface area contributed by atoms with Crippen LogP contribution in [0.5, 0.6) is 0 Å². The maximum absolute atomic E-state index is 13.6. The van der Waals surface area contributed by atoms with E-state index in [4.69, 9.17) is 5.14 Å². The van der Waals surface area contributed by atoms with E-state index in [1.165, 1.54) is 13.2 Å². The molecule has 0 saturated heterocycles. The minimum absolute atomic E-state index is 0.140. The lowest BCUT2D eigenvalue weighted by molar-refractivity contribution is 0.0955. The number of primary sulfonamides is 1. The molecule has 0 fully saturated rings. The summed E-state index contributed by atoms with van der Waals surface area (Å²) in [7, 11) is -5.18. The molecule has 0 radical (unpaired) electrons. The number of amides is 1. The monoisotopic (exact) mass is 322 g/mol. The van der Waals surface area contributed by atoms with Gasteiger partial charge in [0.15, 0.2) is 0 Å². The van der Waals surface area contributed by atoms with Crippen molar-refractivity contribution in [2.75, 3.05) is 18.6 Å². The summed E-state index contributed by atoms with van der Waals surface area (Å²) in [4.78, 5) is 11.3. The molecule has 0 aliphatic heterocycles. The van der Waals surface area contributed by atoms with Crippen LogP contribution in [-0.4, -0.2) is 37.1 Å². The van der Waals surface area contributed by atoms with Crippen molar-refractivity contribution in [2.24, 2.45) is 5.14 Å². The highest BCUT2D eigenvalue weighted by molar-refractivity contribution is 7.89. The van der Waals surface area contributed by atoms with Gasteiger partial charge in [-0.2, -0.15) is 0 Å². The molecule has 1 atom stereocenters. The summed E-state index contributed by atoms with van der Waals surface area (Å²) in [6, 6.07) is 1.95. The van der Waals surface area contributed by atoms with E-state index in [2.05, 4.69) is 5.32 Å². The van der Waals surface area contributed by atoms with E-state index in [0.717, 1.165) is 12.1 Å². The van der Waals surface area contributed by atoms with Gasteiger partial charge in [0.05, 0.1) is 4.90 Å². The fourth-order valence-electron chi connectivity index (χ4n) is 1.49. The van der Waals surface area contributed by atoms with Crippen molar-refractivity contribution < 1.29 is 21.8 Å². The molecular weight excluding hydrogens is 307 g/mol. The molecule has 1 unspecified atom stereocenters. The Bertz CT molecular complexity index is 659. The van der Waals surface area contributed by atoms with Crippen LogP contribution in [0.1, 0.15) is 15.9 Å². The van der Waals surface area contributed by atoms with Crippen LogP contribution in [-0.2, 0) is 20.8 Å². The molecule has 0 heterocycles. The zero-order chi connectivity index (χ0) is 15.5. The summed E-state index contributed by atoms with van der Waals surface area (Å²) >= 11 is 0. The third kappa shape index (κ3) is 4.36. The number of carbonyl (C=O) groups is 1. The number of nitrogens with two attached hydrogens (primary N) is 1. The van der Waals surface area contributed by atoms with Gasteiger partial charge in [-0.15, -0.1) is 0 Å². The largest absolute Gasteiger partial charge is 0.351 e. The third-order valence-corrected chi connectivity index (χ3v) is 4.36. The van der Waals surface area contributed by atoms with E-state index in [1.807, 2.05) is 0 Å². The Hall–Kier alpha value is -1.32. The first-order valence-corrected chi connectivity index (χ1v) is 8.81. The Morgan fingerprint density at radius 3 is 2.55 bits per heavy atom. The van der Waals surface area contributed by atoms with Gasteiger partial charge < -0.3 is 5.32 Å². The quantitative estimate of drug-likeness (QED) is 0.789. The Morgan fingerprint density at radius 2 is 2.05 bits per heavy atom. The van der Waals surface area contributed by atoms with Crippen LogP contribution in [0.25, 0.3) is 0 Å². The number of hydrogen-bond acceptors (Lipinski definition) is 4. The van der Waals surface area contributed by atoms with E-state index >= 15 is 0 Å². The Labute approximate surface area is 119 Å². The van der Waals surface area contributed by atoms with E-state index < -0.39 is 37.4 Å². The summed E-state index contributed by atoms with van der Waals surface area (Å²) in [5.74, 6) is -1.23. The topological polar surface area (TPSA) is 106 Å². The molecule has 9 heteroatoms. The van der Waals surface area contributed by atoms with Crippen molar-refractivity contribution in [3.63, 3.8) is 0 Å².